The quantitative estimate of drug-likeness (QED) is 0.157. The Balaban J connectivity index is 1.30. The minimum absolute atomic E-state index is 0.0285. The number of carbonyl (C=O) groups is 1. The number of pyridine rings is 1. The normalized spacial score (nSPS) is 15.5. The number of hydrogen-bond acceptors (Lipinski definition) is 5. The molecule has 1 aliphatic heterocycles. The largest absolute Gasteiger partial charge is 0.396 e. The zero-order valence-corrected chi connectivity index (χ0v) is 21.8. The number of fused-ring (bicyclic) bond motifs is 1. The molecule has 0 amide bonds. The molecule has 1 fully saturated rings. The number of oxime groups is 1. The van der Waals surface area contributed by atoms with Gasteiger partial charge >= 0.3 is 6.18 Å². The average molecular weight is 529 g/mol. The van der Waals surface area contributed by atoms with Crippen LogP contribution in [0, 0.1) is 5.92 Å². The Hall–Kier alpha value is -3.20. The first-order valence-corrected chi connectivity index (χ1v) is 13.3. The third kappa shape index (κ3) is 8.15. The van der Waals surface area contributed by atoms with Gasteiger partial charge in [0.05, 0.1) is 24.5 Å². The topological polar surface area (TPSA) is 59.2 Å². The first kappa shape index (κ1) is 27.8. The van der Waals surface area contributed by atoms with Crippen LogP contribution < -0.4 is 0 Å². The van der Waals surface area contributed by atoms with E-state index in [0.717, 1.165) is 28.9 Å². The Morgan fingerprint density at radius 3 is 2.79 bits per heavy atom. The average Bonchev–Trinajstić information content (AvgIpc) is 3.32. The fourth-order valence-corrected chi connectivity index (χ4v) is 4.91. The predicted octanol–water partition coefficient (Wildman–Crippen LogP) is 6.32. The molecule has 9 heteroatoms. The maximum Gasteiger partial charge on any atom is 0.389 e. The Morgan fingerprint density at radius 1 is 1.21 bits per heavy atom. The van der Waals surface area contributed by atoms with Crippen molar-refractivity contribution in [3.05, 3.63) is 59.9 Å². The number of likely N-dealkylation sites (tertiary alicyclic amines) is 1. The summed E-state index contributed by atoms with van der Waals surface area (Å²) in [4.78, 5) is 24.6. The molecule has 0 saturated carbocycles. The molecular formula is C29H35F3N4O2. The van der Waals surface area contributed by atoms with Gasteiger partial charge in [0.2, 0.25) is 0 Å². The summed E-state index contributed by atoms with van der Waals surface area (Å²) in [6, 6.07) is 11.1. The molecule has 0 bridgehead atoms. The highest BCUT2D eigenvalue weighted by molar-refractivity contribution is 5.82. The van der Waals surface area contributed by atoms with Crippen LogP contribution in [0.4, 0.5) is 13.2 Å². The molecular weight excluding hydrogens is 493 g/mol. The molecule has 1 saturated heterocycles. The lowest BCUT2D eigenvalue weighted by molar-refractivity contribution is -0.143. The van der Waals surface area contributed by atoms with E-state index in [-0.39, 0.29) is 6.42 Å². The number of hydrogen-bond donors (Lipinski definition) is 0. The van der Waals surface area contributed by atoms with Crippen molar-refractivity contribution >= 4 is 17.6 Å². The maximum atomic E-state index is 12.4. The minimum atomic E-state index is -4.32. The molecule has 204 valence electrons. The van der Waals surface area contributed by atoms with Gasteiger partial charge in [-0.3, -0.25) is 9.20 Å². The van der Waals surface area contributed by atoms with E-state index in [2.05, 4.69) is 22.0 Å². The molecule has 1 aliphatic rings. The number of piperidine rings is 1. The van der Waals surface area contributed by atoms with Gasteiger partial charge in [-0.2, -0.15) is 13.2 Å². The van der Waals surface area contributed by atoms with Gasteiger partial charge in [0.15, 0.2) is 0 Å². The van der Waals surface area contributed by atoms with Crippen LogP contribution in [0.2, 0.25) is 0 Å². The van der Waals surface area contributed by atoms with E-state index in [9.17, 15) is 18.0 Å². The summed E-state index contributed by atoms with van der Waals surface area (Å²) in [6.07, 6.45) is 4.05. The molecule has 0 N–H and O–H groups in total. The summed E-state index contributed by atoms with van der Waals surface area (Å²) in [5, 5.41) is 4.14. The van der Waals surface area contributed by atoms with Crippen LogP contribution in [-0.2, 0) is 16.1 Å². The van der Waals surface area contributed by atoms with Gasteiger partial charge in [-0.05, 0) is 75.0 Å². The van der Waals surface area contributed by atoms with Gasteiger partial charge in [0.1, 0.15) is 18.0 Å². The number of nitrogens with zero attached hydrogens (tertiary/aromatic N) is 4. The molecule has 0 unspecified atom stereocenters. The molecule has 4 rings (SSSR count). The van der Waals surface area contributed by atoms with Gasteiger partial charge < -0.3 is 9.74 Å². The number of ketones is 1. The van der Waals surface area contributed by atoms with Crippen LogP contribution in [0.15, 0.2) is 53.9 Å². The Bertz CT molecular complexity index is 1230. The Kier molecular flexibility index (Phi) is 9.55. The molecule has 3 aromatic rings. The molecule has 0 aliphatic carbocycles. The van der Waals surface area contributed by atoms with E-state index < -0.39 is 24.8 Å². The molecule has 3 heterocycles. The molecule has 0 radical (unpaired) electrons. The number of rotatable bonds is 12. The summed E-state index contributed by atoms with van der Waals surface area (Å²) in [5.74, 6) is 0.274. The van der Waals surface area contributed by atoms with Crippen molar-refractivity contribution in [3.63, 3.8) is 0 Å². The van der Waals surface area contributed by atoms with E-state index in [0.29, 0.717) is 18.1 Å². The zero-order valence-electron chi connectivity index (χ0n) is 21.8. The lowest BCUT2D eigenvalue weighted by atomic mass is 9.94. The summed E-state index contributed by atoms with van der Waals surface area (Å²) in [6.45, 7) is 6.39. The molecule has 38 heavy (non-hydrogen) atoms. The molecule has 6 nitrogen and oxygen atoms in total. The third-order valence-electron chi connectivity index (χ3n) is 6.99. The number of carbonyl (C=O) groups excluding carboxylic acids is 1. The van der Waals surface area contributed by atoms with Crippen molar-refractivity contribution in [2.24, 2.45) is 11.1 Å². The number of alkyl halides is 3. The van der Waals surface area contributed by atoms with Crippen molar-refractivity contribution in [1.82, 2.24) is 14.3 Å². The highest BCUT2D eigenvalue weighted by atomic mass is 19.4. The van der Waals surface area contributed by atoms with E-state index in [1.54, 1.807) is 24.5 Å². The molecule has 0 atom stereocenters. The first-order valence-electron chi connectivity index (χ1n) is 13.3. The van der Waals surface area contributed by atoms with Gasteiger partial charge in [-0.25, -0.2) is 4.98 Å². The number of halogens is 3. The molecule has 0 spiro atoms. The van der Waals surface area contributed by atoms with Crippen molar-refractivity contribution in [2.75, 3.05) is 26.2 Å². The van der Waals surface area contributed by atoms with E-state index in [1.807, 2.05) is 34.9 Å². The monoisotopic (exact) mass is 528 g/mol. The van der Waals surface area contributed by atoms with Gasteiger partial charge in [0.25, 0.3) is 0 Å². The van der Waals surface area contributed by atoms with Crippen molar-refractivity contribution in [1.29, 1.82) is 0 Å². The number of benzene rings is 1. The Labute approximate surface area is 221 Å². The lowest BCUT2D eigenvalue weighted by Crippen LogP contribution is -2.34. The number of Topliss-reactive ketones (excluding diaryl/α,β-unsaturated/α-hetero) is 1. The first-order chi connectivity index (χ1) is 18.3. The molecule has 2 aromatic heterocycles. The third-order valence-corrected chi connectivity index (χ3v) is 6.99. The van der Waals surface area contributed by atoms with Crippen molar-refractivity contribution in [2.45, 2.75) is 58.0 Å². The van der Waals surface area contributed by atoms with Crippen LogP contribution >= 0.6 is 0 Å². The van der Waals surface area contributed by atoms with Crippen LogP contribution in [0.5, 0.6) is 0 Å². The highest BCUT2D eigenvalue weighted by Gasteiger charge is 2.27. The standard InChI is InChI=1S/C29H35F3N4O2/c1-2-12-35-13-7-22(8-14-35)10-16-38-34-20-24-9-15-36-27(21-33-28(36)19-24)25-5-3-4-23(17-25)18-26(37)6-11-29(30,31)32/h3-5,9,15,17,19-22H,2,6-8,10-14,16,18H2,1H3. The van der Waals surface area contributed by atoms with Gasteiger partial charge in [-0.15, -0.1) is 0 Å². The summed E-state index contributed by atoms with van der Waals surface area (Å²) in [5.41, 5.74) is 3.94. The highest BCUT2D eigenvalue weighted by Crippen LogP contribution is 2.25. The van der Waals surface area contributed by atoms with Gasteiger partial charge in [0, 0.05) is 30.2 Å². The zero-order chi connectivity index (χ0) is 27.0. The smallest absolute Gasteiger partial charge is 0.389 e. The fourth-order valence-electron chi connectivity index (χ4n) is 4.91. The predicted molar refractivity (Wildman–Crippen MR) is 142 cm³/mol. The minimum Gasteiger partial charge on any atom is -0.396 e. The summed E-state index contributed by atoms with van der Waals surface area (Å²) in [7, 11) is 0. The second-order valence-electron chi connectivity index (χ2n) is 10.0. The second-order valence-corrected chi connectivity index (χ2v) is 10.0. The second kappa shape index (κ2) is 13.0. The molecule has 1 aromatic carbocycles. The van der Waals surface area contributed by atoms with Crippen LogP contribution in [0.3, 0.4) is 0 Å². The lowest BCUT2D eigenvalue weighted by Gasteiger charge is -2.31. The summed E-state index contributed by atoms with van der Waals surface area (Å²) >= 11 is 0. The van der Waals surface area contributed by atoms with E-state index in [1.165, 1.54) is 38.9 Å². The number of aromatic nitrogens is 2. The SMILES string of the molecule is CCCN1CCC(CCON=Cc2ccn3c(-c4cccc(CC(=O)CCC(F)(F)F)c4)cnc3c2)CC1. The fraction of sp³-hybridized carbons (Fsp3) is 0.483. The summed E-state index contributed by atoms with van der Waals surface area (Å²) < 4.78 is 39.1. The van der Waals surface area contributed by atoms with E-state index >= 15 is 0 Å². The van der Waals surface area contributed by atoms with Crippen molar-refractivity contribution < 1.29 is 22.8 Å². The van der Waals surface area contributed by atoms with Crippen molar-refractivity contribution in [3.8, 4) is 11.3 Å². The maximum absolute atomic E-state index is 12.4. The van der Waals surface area contributed by atoms with Crippen LogP contribution in [0.1, 0.15) is 56.6 Å². The Morgan fingerprint density at radius 2 is 2.03 bits per heavy atom. The van der Waals surface area contributed by atoms with Crippen LogP contribution in [0.25, 0.3) is 16.9 Å². The number of imidazole rings is 1. The van der Waals surface area contributed by atoms with E-state index in [4.69, 9.17) is 4.84 Å². The van der Waals surface area contributed by atoms with Crippen LogP contribution in [-0.4, -0.2) is 58.7 Å². The van der Waals surface area contributed by atoms with Gasteiger partial charge in [-0.1, -0.05) is 30.3 Å².